The van der Waals surface area contributed by atoms with Crippen molar-refractivity contribution in [3.63, 3.8) is 0 Å². The molecule has 114 valence electrons. The lowest BCUT2D eigenvalue weighted by Gasteiger charge is -2.29. The van der Waals surface area contributed by atoms with Gasteiger partial charge in [-0.15, -0.1) is 0 Å². The summed E-state index contributed by atoms with van der Waals surface area (Å²) >= 11 is 0. The van der Waals surface area contributed by atoms with Crippen molar-refractivity contribution >= 4 is 11.8 Å². The van der Waals surface area contributed by atoms with Crippen LogP contribution in [-0.2, 0) is 16.0 Å². The fraction of sp³-hybridized carbons (Fsp3) is 0.529. The Hall–Kier alpha value is -1.84. The minimum Gasteiger partial charge on any atom is -0.345 e. The predicted octanol–water partition coefficient (Wildman–Crippen LogP) is 2.14. The maximum absolute atomic E-state index is 12.2. The Balaban J connectivity index is 1.74. The number of benzene rings is 1. The summed E-state index contributed by atoms with van der Waals surface area (Å²) in [5.41, 5.74) is 1.14. The van der Waals surface area contributed by atoms with Gasteiger partial charge in [-0.1, -0.05) is 30.3 Å². The van der Waals surface area contributed by atoms with E-state index in [1.54, 1.807) is 6.92 Å². The number of carbonyl (C=O) groups excluding carboxylic acids is 2. The summed E-state index contributed by atoms with van der Waals surface area (Å²) in [4.78, 5) is 26.0. The molecule has 0 bridgehead atoms. The highest BCUT2D eigenvalue weighted by molar-refractivity contribution is 5.87. The molecule has 1 aromatic rings. The van der Waals surface area contributed by atoms with Crippen molar-refractivity contribution in [2.45, 2.75) is 45.1 Å². The summed E-state index contributed by atoms with van der Waals surface area (Å²) in [6, 6.07) is 9.49. The van der Waals surface area contributed by atoms with E-state index in [0.29, 0.717) is 12.8 Å². The normalized spacial score (nSPS) is 16.3. The first-order chi connectivity index (χ1) is 10.2. The van der Waals surface area contributed by atoms with Crippen molar-refractivity contribution in [1.82, 2.24) is 10.2 Å². The maximum atomic E-state index is 12.2. The molecule has 0 unspecified atom stereocenters. The Labute approximate surface area is 126 Å². The van der Waals surface area contributed by atoms with Gasteiger partial charge in [-0.3, -0.25) is 9.59 Å². The van der Waals surface area contributed by atoms with Gasteiger partial charge in [0.05, 0.1) is 0 Å². The molecule has 1 heterocycles. The van der Waals surface area contributed by atoms with Gasteiger partial charge in [0.1, 0.15) is 6.04 Å². The van der Waals surface area contributed by atoms with E-state index in [2.05, 4.69) is 5.32 Å². The first-order valence-corrected chi connectivity index (χ1v) is 7.79. The first kappa shape index (κ1) is 15.5. The lowest BCUT2D eigenvalue weighted by atomic mass is 10.1. The highest BCUT2D eigenvalue weighted by Crippen LogP contribution is 2.10. The number of likely N-dealkylation sites (tertiary alicyclic amines) is 1. The van der Waals surface area contributed by atoms with Gasteiger partial charge >= 0.3 is 0 Å². The van der Waals surface area contributed by atoms with E-state index in [-0.39, 0.29) is 11.8 Å². The second kappa shape index (κ2) is 7.81. The summed E-state index contributed by atoms with van der Waals surface area (Å²) < 4.78 is 0. The first-order valence-electron chi connectivity index (χ1n) is 7.79. The molecular formula is C17H24N2O2. The zero-order valence-corrected chi connectivity index (χ0v) is 12.7. The average Bonchev–Trinajstić information content (AvgIpc) is 2.54. The molecular weight excluding hydrogens is 264 g/mol. The van der Waals surface area contributed by atoms with Gasteiger partial charge in [0.25, 0.3) is 0 Å². The minimum absolute atomic E-state index is 0.0442. The number of rotatable bonds is 5. The third-order valence-corrected chi connectivity index (χ3v) is 3.90. The van der Waals surface area contributed by atoms with Crippen molar-refractivity contribution < 1.29 is 9.59 Å². The number of amides is 2. The lowest BCUT2D eigenvalue weighted by Crippen LogP contribution is -2.48. The molecule has 1 saturated heterocycles. The van der Waals surface area contributed by atoms with Gasteiger partial charge in [-0.25, -0.2) is 0 Å². The van der Waals surface area contributed by atoms with E-state index in [1.165, 1.54) is 6.42 Å². The predicted molar refractivity (Wildman–Crippen MR) is 82.8 cm³/mol. The lowest BCUT2D eigenvalue weighted by molar-refractivity contribution is -0.136. The smallest absolute Gasteiger partial charge is 0.244 e. The van der Waals surface area contributed by atoms with Crippen LogP contribution in [0.25, 0.3) is 0 Å². The molecule has 1 aliphatic heterocycles. The molecule has 1 fully saturated rings. The molecule has 4 nitrogen and oxygen atoms in total. The quantitative estimate of drug-likeness (QED) is 0.902. The Bertz CT molecular complexity index is 467. The third-order valence-electron chi connectivity index (χ3n) is 3.90. The molecule has 2 rings (SSSR count). The van der Waals surface area contributed by atoms with Gasteiger partial charge in [-0.05, 0) is 38.2 Å². The van der Waals surface area contributed by atoms with E-state index in [9.17, 15) is 9.59 Å². The Morgan fingerprint density at radius 3 is 2.48 bits per heavy atom. The van der Waals surface area contributed by atoms with Crippen LogP contribution in [0.15, 0.2) is 30.3 Å². The number of hydrogen-bond acceptors (Lipinski definition) is 2. The summed E-state index contributed by atoms with van der Waals surface area (Å²) in [6.45, 7) is 3.42. The molecule has 0 radical (unpaired) electrons. The summed E-state index contributed by atoms with van der Waals surface area (Å²) in [6.07, 6.45) is 4.46. The molecule has 0 spiro atoms. The van der Waals surface area contributed by atoms with Crippen molar-refractivity contribution in [2.75, 3.05) is 13.1 Å². The number of piperidine rings is 1. The zero-order chi connectivity index (χ0) is 15.1. The van der Waals surface area contributed by atoms with Gasteiger partial charge in [0, 0.05) is 19.5 Å². The Morgan fingerprint density at radius 2 is 1.81 bits per heavy atom. The molecule has 4 heteroatoms. The SMILES string of the molecule is C[C@H](NC(=O)CCc1ccccc1)C(=O)N1CCCCC1. The minimum atomic E-state index is -0.425. The summed E-state index contributed by atoms with van der Waals surface area (Å²) in [7, 11) is 0. The van der Waals surface area contributed by atoms with E-state index >= 15 is 0 Å². The fourth-order valence-electron chi connectivity index (χ4n) is 2.67. The van der Waals surface area contributed by atoms with Gasteiger partial charge < -0.3 is 10.2 Å². The number of carbonyl (C=O) groups is 2. The monoisotopic (exact) mass is 288 g/mol. The summed E-state index contributed by atoms with van der Waals surface area (Å²) in [5.74, 6) is -0.0144. The molecule has 0 saturated carbocycles. The van der Waals surface area contributed by atoms with E-state index in [0.717, 1.165) is 31.5 Å². The van der Waals surface area contributed by atoms with Crippen molar-refractivity contribution in [3.05, 3.63) is 35.9 Å². The number of aryl methyl sites for hydroxylation is 1. The Morgan fingerprint density at radius 1 is 1.14 bits per heavy atom. The molecule has 21 heavy (non-hydrogen) atoms. The molecule has 0 aliphatic carbocycles. The number of nitrogens with zero attached hydrogens (tertiary/aromatic N) is 1. The fourth-order valence-corrected chi connectivity index (χ4v) is 2.67. The third kappa shape index (κ3) is 4.88. The molecule has 2 amide bonds. The van der Waals surface area contributed by atoms with Crippen LogP contribution < -0.4 is 5.32 Å². The molecule has 0 aromatic heterocycles. The van der Waals surface area contributed by atoms with Crippen LogP contribution in [0.3, 0.4) is 0 Å². The topological polar surface area (TPSA) is 49.4 Å². The van der Waals surface area contributed by atoms with E-state index in [1.807, 2.05) is 35.2 Å². The van der Waals surface area contributed by atoms with Crippen LogP contribution in [0.1, 0.15) is 38.2 Å². The maximum Gasteiger partial charge on any atom is 0.244 e. The van der Waals surface area contributed by atoms with Crippen molar-refractivity contribution in [1.29, 1.82) is 0 Å². The number of hydrogen-bond donors (Lipinski definition) is 1. The standard InChI is InChI=1S/C17H24N2O2/c1-14(17(21)19-12-6-3-7-13-19)18-16(20)11-10-15-8-4-2-5-9-15/h2,4-5,8-9,14H,3,6-7,10-13H2,1H3,(H,18,20)/t14-/m0/s1. The van der Waals surface area contributed by atoms with Crippen LogP contribution in [0.2, 0.25) is 0 Å². The molecule has 1 atom stereocenters. The number of nitrogens with one attached hydrogen (secondary N) is 1. The van der Waals surface area contributed by atoms with E-state index in [4.69, 9.17) is 0 Å². The van der Waals surface area contributed by atoms with E-state index < -0.39 is 6.04 Å². The second-order valence-corrected chi connectivity index (χ2v) is 5.66. The summed E-state index contributed by atoms with van der Waals surface area (Å²) in [5, 5.41) is 2.82. The largest absolute Gasteiger partial charge is 0.345 e. The van der Waals surface area contributed by atoms with Crippen LogP contribution in [-0.4, -0.2) is 35.8 Å². The van der Waals surface area contributed by atoms with Gasteiger partial charge in [0.2, 0.25) is 11.8 Å². The average molecular weight is 288 g/mol. The van der Waals surface area contributed by atoms with Crippen molar-refractivity contribution in [2.24, 2.45) is 0 Å². The Kier molecular flexibility index (Phi) is 5.78. The van der Waals surface area contributed by atoms with Crippen LogP contribution >= 0.6 is 0 Å². The zero-order valence-electron chi connectivity index (χ0n) is 12.7. The highest BCUT2D eigenvalue weighted by atomic mass is 16.2. The van der Waals surface area contributed by atoms with Crippen LogP contribution in [0.5, 0.6) is 0 Å². The van der Waals surface area contributed by atoms with Crippen molar-refractivity contribution in [3.8, 4) is 0 Å². The molecule has 1 aromatic carbocycles. The van der Waals surface area contributed by atoms with Crippen LogP contribution in [0.4, 0.5) is 0 Å². The molecule has 1 aliphatic rings. The van der Waals surface area contributed by atoms with Gasteiger partial charge in [0.15, 0.2) is 0 Å². The molecule has 1 N–H and O–H groups in total. The second-order valence-electron chi connectivity index (χ2n) is 5.66. The highest BCUT2D eigenvalue weighted by Gasteiger charge is 2.23. The van der Waals surface area contributed by atoms with Crippen LogP contribution in [0, 0.1) is 0 Å². The van der Waals surface area contributed by atoms with Gasteiger partial charge in [-0.2, -0.15) is 0 Å².